The van der Waals surface area contributed by atoms with Crippen LogP contribution in [-0.2, 0) is 0 Å². The topological polar surface area (TPSA) is 26.0 Å². The Bertz CT molecular complexity index is 399. The Morgan fingerprint density at radius 2 is 1.80 bits per heavy atom. The van der Waals surface area contributed by atoms with E-state index in [-0.39, 0.29) is 11.0 Å². The summed E-state index contributed by atoms with van der Waals surface area (Å²) in [6, 6.07) is 1.58. The highest BCUT2D eigenvalue weighted by Crippen LogP contribution is 2.53. The lowest BCUT2D eigenvalue weighted by molar-refractivity contribution is 0.400. The third-order valence-electron chi connectivity index (χ3n) is 3.19. The molecule has 1 unspecified atom stereocenters. The molecule has 1 nitrogen and oxygen atoms in total. The van der Waals surface area contributed by atoms with Crippen molar-refractivity contribution in [2.45, 2.75) is 25.8 Å². The van der Waals surface area contributed by atoms with Crippen molar-refractivity contribution in [3.63, 3.8) is 0 Å². The highest BCUT2D eigenvalue weighted by molar-refractivity contribution is 5.26. The number of nitrogens with two attached hydrogens (primary N) is 1. The number of hydrogen-bond acceptors (Lipinski definition) is 1. The van der Waals surface area contributed by atoms with Crippen LogP contribution in [0.25, 0.3) is 0 Å². The van der Waals surface area contributed by atoms with Gasteiger partial charge in [-0.3, -0.25) is 0 Å². The minimum atomic E-state index is -1.44. The average molecular weight is 215 g/mol. The molecular weight excluding hydrogens is 203 g/mol. The van der Waals surface area contributed by atoms with Crippen molar-refractivity contribution in [3.8, 4) is 0 Å². The van der Waals surface area contributed by atoms with E-state index in [1.54, 1.807) is 0 Å². The molecule has 1 saturated carbocycles. The van der Waals surface area contributed by atoms with Crippen molar-refractivity contribution in [3.05, 3.63) is 35.1 Å². The lowest BCUT2D eigenvalue weighted by atomic mass is 9.92. The summed E-state index contributed by atoms with van der Waals surface area (Å²) in [6.45, 7) is 1.92. The van der Waals surface area contributed by atoms with Crippen LogP contribution in [0, 0.1) is 22.9 Å². The maximum absolute atomic E-state index is 13.4. The Kier molecular flexibility index (Phi) is 2.26. The van der Waals surface area contributed by atoms with Crippen LogP contribution in [0.3, 0.4) is 0 Å². The van der Waals surface area contributed by atoms with Gasteiger partial charge in [0, 0.05) is 11.6 Å². The summed E-state index contributed by atoms with van der Waals surface area (Å²) in [4.78, 5) is 0. The van der Waals surface area contributed by atoms with Gasteiger partial charge in [0.15, 0.2) is 17.5 Å². The zero-order valence-corrected chi connectivity index (χ0v) is 8.36. The highest BCUT2D eigenvalue weighted by Gasteiger charge is 2.44. The molecule has 1 aliphatic rings. The van der Waals surface area contributed by atoms with Crippen molar-refractivity contribution >= 4 is 0 Å². The van der Waals surface area contributed by atoms with Crippen LogP contribution in [0.15, 0.2) is 12.1 Å². The molecular formula is C11H12F3N. The fraction of sp³-hybridized carbons (Fsp3) is 0.455. The molecule has 0 amide bonds. The monoisotopic (exact) mass is 215 g/mol. The predicted octanol–water partition coefficient (Wildman–Crippen LogP) is 2.90. The molecule has 1 aliphatic carbocycles. The van der Waals surface area contributed by atoms with Gasteiger partial charge >= 0.3 is 0 Å². The molecule has 0 heterocycles. The summed E-state index contributed by atoms with van der Waals surface area (Å²) >= 11 is 0. The maximum atomic E-state index is 13.4. The zero-order valence-electron chi connectivity index (χ0n) is 8.36. The molecule has 1 aromatic rings. The number of rotatable bonds is 2. The summed E-state index contributed by atoms with van der Waals surface area (Å²) < 4.78 is 39.0. The van der Waals surface area contributed by atoms with E-state index in [0.29, 0.717) is 0 Å². The molecule has 15 heavy (non-hydrogen) atoms. The van der Waals surface area contributed by atoms with Gasteiger partial charge in [0.1, 0.15) is 0 Å². The predicted molar refractivity (Wildman–Crippen MR) is 50.6 cm³/mol. The number of hydrogen-bond donors (Lipinski definition) is 1. The van der Waals surface area contributed by atoms with Crippen LogP contribution >= 0.6 is 0 Å². The molecule has 2 N–H and O–H groups in total. The Morgan fingerprint density at radius 3 is 2.33 bits per heavy atom. The van der Waals surface area contributed by atoms with Gasteiger partial charge in [-0.25, -0.2) is 13.2 Å². The minimum Gasteiger partial charge on any atom is -0.323 e. The van der Waals surface area contributed by atoms with Crippen LogP contribution in [0.4, 0.5) is 13.2 Å². The molecule has 0 radical (unpaired) electrons. The van der Waals surface area contributed by atoms with E-state index < -0.39 is 23.5 Å². The smallest absolute Gasteiger partial charge is 0.194 e. The lowest BCUT2D eigenvalue weighted by Gasteiger charge is -2.19. The Hall–Kier alpha value is -1.03. The lowest BCUT2D eigenvalue weighted by Crippen LogP contribution is -2.22. The van der Waals surface area contributed by atoms with Gasteiger partial charge in [0.05, 0.1) is 0 Å². The molecule has 2 rings (SSSR count). The molecule has 0 aromatic heterocycles. The summed E-state index contributed by atoms with van der Waals surface area (Å²) in [5.74, 6) is -3.77. The van der Waals surface area contributed by atoms with Gasteiger partial charge in [0.25, 0.3) is 0 Å². The minimum absolute atomic E-state index is 0.0638. The molecule has 0 saturated heterocycles. The highest BCUT2D eigenvalue weighted by atomic mass is 19.2. The fourth-order valence-corrected chi connectivity index (χ4v) is 1.66. The maximum Gasteiger partial charge on any atom is 0.194 e. The summed E-state index contributed by atoms with van der Waals surface area (Å²) in [5, 5.41) is 0. The number of benzene rings is 1. The van der Waals surface area contributed by atoms with E-state index >= 15 is 0 Å². The van der Waals surface area contributed by atoms with Crippen molar-refractivity contribution in [2.24, 2.45) is 11.1 Å². The molecule has 0 bridgehead atoms. The molecule has 1 aromatic carbocycles. The standard InChI is InChI=1S/C11H12F3N/c1-11(4-5-11)10(15)6-2-3-7(12)9(14)8(6)13/h2-3,10H,4-5,15H2,1H3. The molecule has 0 aliphatic heterocycles. The van der Waals surface area contributed by atoms with E-state index in [2.05, 4.69) is 0 Å². The second kappa shape index (κ2) is 3.23. The van der Waals surface area contributed by atoms with Crippen LogP contribution < -0.4 is 5.73 Å². The first kappa shape index (κ1) is 10.5. The second-order valence-electron chi connectivity index (χ2n) is 4.40. The third kappa shape index (κ3) is 1.63. The van der Waals surface area contributed by atoms with Crippen LogP contribution in [0.2, 0.25) is 0 Å². The van der Waals surface area contributed by atoms with Gasteiger partial charge in [0.2, 0.25) is 0 Å². The van der Waals surface area contributed by atoms with E-state index in [4.69, 9.17) is 5.73 Å². The van der Waals surface area contributed by atoms with E-state index in [1.807, 2.05) is 6.92 Å². The van der Waals surface area contributed by atoms with E-state index in [9.17, 15) is 13.2 Å². The van der Waals surface area contributed by atoms with Gasteiger partial charge in [-0.2, -0.15) is 0 Å². The Balaban J connectivity index is 2.41. The first-order valence-corrected chi connectivity index (χ1v) is 4.85. The quantitative estimate of drug-likeness (QED) is 0.754. The van der Waals surface area contributed by atoms with Crippen molar-refractivity contribution < 1.29 is 13.2 Å². The Labute approximate surface area is 86.1 Å². The van der Waals surface area contributed by atoms with Gasteiger partial charge in [-0.05, 0) is 24.3 Å². The SMILES string of the molecule is CC1(C(N)c2ccc(F)c(F)c2F)CC1. The fourth-order valence-electron chi connectivity index (χ4n) is 1.66. The summed E-state index contributed by atoms with van der Waals surface area (Å²) in [6.07, 6.45) is 1.79. The largest absolute Gasteiger partial charge is 0.323 e. The van der Waals surface area contributed by atoms with Crippen LogP contribution in [-0.4, -0.2) is 0 Å². The molecule has 4 heteroatoms. The van der Waals surface area contributed by atoms with Crippen molar-refractivity contribution in [2.75, 3.05) is 0 Å². The van der Waals surface area contributed by atoms with Gasteiger partial charge in [-0.15, -0.1) is 0 Å². The summed E-state index contributed by atoms with van der Waals surface area (Å²) in [7, 11) is 0. The third-order valence-corrected chi connectivity index (χ3v) is 3.19. The van der Waals surface area contributed by atoms with E-state index in [0.717, 1.165) is 18.9 Å². The van der Waals surface area contributed by atoms with Crippen LogP contribution in [0.1, 0.15) is 31.4 Å². The van der Waals surface area contributed by atoms with Gasteiger partial charge < -0.3 is 5.73 Å². The first-order valence-electron chi connectivity index (χ1n) is 4.85. The first-order chi connectivity index (χ1) is 6.96. The van der Waals surface area contributed by atoms with Crippen LogP contribution in [0.5, 0.6) is 0 Å². The molecule has 1 atom stereocenters. The zero-order chi connectivity index (χ0) is 11.2. The molecule has 1 fully saturated rings. The Morgan fingerprint density at radius 1 is 1.20 bits per heavy atom. The van der Waals surface area contributed by atoms with Gasteiger partial charge in [-0.1, -0.05) is 13.0 Å². The van der Waals surface area contributed by atoms with E-state index in [1.165, 1.54) is 6.07 Å². The summed E-state index contributed by atoms with van der Waals surface area (Å²) in [5.41, 5.74) is 5.73. The van der Waals surface area contributed by atoms with Crippen molar-refractivity contribution in [1.82, 2.24) is 0 Å². The number of halogens is 3. The second-order valence-corrected chi connectivity index (χ2v) is 4.40. The molecule has 0 spiro atoms. The average Bonchev–Trinajstić information content (AvgIpc) is 2.94. The normalized spacial score (nSPS) is 20.1. The van der Waals surface area contributed by atoms with Crippen molar-refractivity contribution in [1.29, 1.82) is 0 Å². The molecule has 82 valence electrons.